The van der Waals surface area contributed by atoms with Crippen LogP contribution in [0, 0.1) is 0 Å². The highest BCUT2D eigenvalue weighted by atomic mass is 16.5. The minimum absolute atomic E-state index is 0.0763. The van der Waals surface area contributed by atoms with E-state index in [4.69, 9.17) is 4.74 Å². The molecular formula is C28H26N4O3. The van der Waals surface area contributed by atoms with Crippen molar-refractivity contribution in [2.24, 2.45) is 0 Å². The quantitative estimate of drug-likeness (QED) is 0.394. The van der Waals surface area contributed by atoms with Gasteiger partial charge in [0.2, 0.25) is 11.8 Å². The number of aromatic amines is 1. The smallest absolute Gasteiger partial charge is 0.247 e. The van der Waals surface area contributed by atoms with Gasteiger partial charge in [0.15, 0.2) is 0 Å². The molecule has 7 heteroatoms. The summed E-state index contributed by atoms with van der Waals surface area (Å²) in [5.41, 5.74) is 3.45. The Morgan fingerprint density at radius 1 is 1.03 bits per heavy atom. The zero-order valence-electron chi connectivity index (χ0n) is 19.4. The van der Waals surface area contributed by atoms with Crippen LogP contribution in [0.2, 0.25) is 0 Å². The van der Waals surface area contributed by atoms with Gasteiger partial charge in [0, 0.05) is 36.7 Å². The second-order valence-electron chi connectivity index (χ2n) is 8.55. The van der Waals surface area contributed by atoms with Gasteiger partial charge in [-0.15, -0.1) is 0 Å². The maximum Gasteiger partial charge on any atom is 0.247 e. The molecular weight excluding hydrogens is 440 g/mol. The number of ether oxygens (including phenoxy) is 1. The Morgan fingerprint density at radius 3 is 2.69 bits per heavy atom. The van der Waals surface area contributed by atoms with Crippen molar-refractivity contribution >= 4 is 40.6 Å². The average molecular weight is 467 g/mol. The minimum atomic E-state index is -0.426. The summed E-state index contributed by atoms with van der Waals surface area (Å²) in [5.74, 6) is 1.000. The predicted molar refractivity (Wildman–Crippen MR) is 137 cm³/mol. The molecule has 1 fully saturated rings. The molecule has 1 atom stereocenters. The Balaban J connectivity index is 1.28. The van der Waals surface area contributed by atoms with Gasteiger partial charge < -0.3 is 15.0 Å². The van der Waals surface area contributed by atoms with Crippen molar-refractivity contribution in [2.75, 3.05) is 11.9 Å². The van der Waals surface area contributed by atoms with E-state index in [1.165, 1.54) is 6.92 Å². The summed E-state index contributed by atoms with van der Waals surface area (Å²) < 4.78 is 6.05. The van der Waals surface area contributed by atoms with Gasteiger partial charge in [-0.1, -0.05) is 42.5 Å². The van der Waals surface area contributed by atoms with Crippen molar-refractivity contribution in [3.8, 4) is 11.5 Å². The maximum absolute atomic E-state index is 12.7. The van der Waals surface area contributed by atoms with E-state index in [0.717, 1.165) is 28.6 Å². The minimum Gasteiger partial charge on any atom is -0.457 e. The number of hydrogen-bond acceptors (Lipinski definition) is 4. The number of carbonyl (C=O) groups excluding carboxylic acids is 2. The lowest BCUT2D eigenvalue weighted by Gasteiger charge is -2.22. The molecule has 0 unspecified atom stereocenters. The van der Waals surface area contributed by atoms with Gasteiger partial charge in [0.25, 0.3) is 0 Å². The van der Waals surface area contributed by atoms with Gasteiger partial charge >= 0.3 is 0 Å². The van der Waals surface area contributed by atoms with E-state index in [-0.39, 0.29) is 11.8 Å². The first-order valence-electron chi connectivity index (χ1n) is 11.6. The van der Waals surface area contributed by atoms with E-state index in [9.17, 15) is 9.59 Å². The molecule has 1 saturated heterocycles. The molecule has 3 aromatic carbocycles. The van der Waals surface area contributed by atoms with Crippen molar-refractivity contribution in [3.63, 3.8) is 0 Å². The van der Waals surface area contributed by atoms with Crippen LogP contribution in [0.1, 0.15) is 31.0 Å². The Bertz CT molecular complexity index is 1390. The van der Waals surface area contributed by atoms with Crippen LogP contribution in [-0.2, 0) is 9.59 Å². The van der Waals surface area contributed by atoms with E-state index in [1.807, 2.05) is 72.8 Å². The summed E-state index contributed by atoms with van der Waals surface area (Å²) in [7, 11) is 0. The SMILES string of the molecule is CC(=O)N1CCC[C@@H]1C(=O)Nc1cccc(Oc2ccc3c(/C=C/c4ccccc4)n[nH]c3c2)c1. The van der Waals surface area contributed by atoms with E-state index in [1.54, 1.807) is 17.0 Å². The largest absolute Gasteiger partial charge is 0.457 e. The van der Waals surface area contributed by atoms with Crippen molar-refractivity contribution in [3.05, 3.63) is 84.1 Å². The Kier molecular flexibility index (Phi) is 6.30. The Hall–Kier alpha value is -4.39. The number of anilines is 1. The summed E-state index contributed by atoms with van der Waals surface area (Å²) in [4.78, 5) is 26.1. The highest BCUT2D eigenvalue weighted by molar-refractivity contribution is 5.97. The predicted octanol–water partition coefficient (Wildman–Crippen LogP) is 5.48. The maximum atomic E-state index is 12.7. The molecule has 176 valence electrons. The van der Waals surface area contributed by atoms with Gasteiger partial charge in [0.1, 0.15) is 17.5 Å². The van der Waals surface area contributed by atoms with Crippen LogP contribution in [-0.4, -0.2) is 39.5 Å². The zero-order chi connectivity index (χ0) is 24.2. The molecule has 0 bridgehead atoms. The van der Waals surface area contributed by atoms with Gasteiger partial charge in [-0.3, -0.25) is 14.7 Å². The molecule has 5 rings (SSSR count). The highest BCUT2D eigenvalue weighted by Crippen LogP contribution is 2.29. The summed E-state index contributed by atoms with van der Waals surface area (Å²) in [5, 5.41) is 11.4. The van der Waals surface area contributed by atoms with Crippen LogP contribution >= 0.6 is 0 Å². The number of hydrogen-bond donors (Lipinski definition) is 2. The third kappa shape index (κ3) is 5.09. The summed E-state index contributed by atoms with van der Waals surface area (Å²) >= 11 is 0. The van der Waals surface area contributed by atoms with Gasteiger partial charge in [-0.05, 0) is 48.7 Å². The molecule has 2 amide bonds. The summed E-state index contributed by atoms with van der Waals surface area (Å²) in [6.07, 6.45) is 5.52. The number of H-pyrrole nitrogens is 1. The number of rotatable bonds is 6. The van der Waals surface area contributed by atoms with Crippen LogP contribution in [0.4, 0.5) is 5.69 Å². The lowest BCUT2D eigenvalue weighted by Crippen LogP contribution is -2.42. The molecule has 2 N–H and O–H groups in total. The number of aromatic nitrogens is 2. The fraction of sp³-hybridized carbons (Fsp3) is 0.179. The molecule has 1 aliphatic rings. The number of likely N-dealkylation sites (tertiary alicyclic amines) is 1. The van der Waals surface area contributed by atoms with Crippen LogP contribution in [0.25, 0.3) is 23.1 Å². The van der Waals surface area contributed by atoms with Gasteiger partial charge in [0.05, 0.1) is 11.2 Å². The topological polar surface area (TPSA) is 87.3 Å². The zero-order valence-corrected chi connectivity index (χ0v) is 19.4. The van der Waals surface area contributed by atoms with E-state index >= 15 is 0 Å². The number of amides is 2. The van der Waals surface area contributed by atoms with E-state index in [0.29, 0.717) is 30.2 Å². The molecule has 35 heavy (non-hydrogen) atoms. The molecule has 0 spiro atoms. The molecule has 2 heterocycles. The fourth-order valence-corrected chi connectivity index (χ4v) is 4.36. The summed E-state index contributed by atoms with van der Waals surface area (Å²) in [6.45, 7) is 2.12. The lowest BCUT2D eigenvalue weighted by molar-refractivity contribution is -0.134. The Labute approximate surface area is 203 Å². The van der Waals surface area contributed by atoms with Crippen LogP contribution in [0.3, 0.4) is 0 Å². The van der Waals surface area contributed by atoms with Crippen molar-refractivity contribution in [1.82, 2.24) is 15.1 Å². The second-order valence-corrected chi connectivity index (χ2v) is 8.55. The number of fused-ring (bicyclic) bond motifs is 1. The molecule has 0 saturated carbocycles. The van der Waals surface area contributed by atoms with Gasteiger partial charge in [-0.2, -0.15) is 5.10 Å². The van der Waals surface area contributed by atoms with Crippen molar-refractivity contribution in [1.29, 1.82) is 0 Å². The number of benzene rings is 3. The van der Waals surface area contributed by atoms with Crippen molar-refractivity contribution < 1.29 is 14.3 Å². The lowest BCUT2D eigenvalue weighted by atomic mass is 10.1. The van der Waals surface area contributed by atoms with Gasteiger partial charge in [-0.25, -0.2) is 0 Å². The average Bonchev–Trinajstić information content (AvgIpc) is 3.51. The van der Waals surface area contributed by atoms with Crippen LogP contribution in [0.5, 0.6) is 11.5 Å². The molecule has 0 aliphatic carbocycles. The normalized spacial score (nSPS) is 15.6. The molecule has 4 aromatic rings. The molecule has 1 aliphatic heterocycles. The fourth-order valence-electron chi connectivity index (χ4n) is 4.36. The number of nitrogens with zero attached hydrogens (tertiary/aromatic N) is 2. The first kappa shape index (κ1) is 22.4. The van der Waals surface area contributed by atoms with Crippen LogP contribution in [0.15, 0.2) is 72.8 Å². The Morgan fingerprint density at radius 2 is 1.86 bits per heavy atom. The number of carbonyl (C=O) groups is 2. The molecule has 1 aromatic heterocycles. The number of nitrogens with one attached hydrogen (secondary N) is 2. The summed E-state index contributed by atoms with van der Waals surface area (Å²) in [6, 6.07) is 22.7. The van der Waals surface area contributed by atoms with Crippen molar-refractivity contribution in [2.45, 2.75) is 25.8 Å². The monoisotopic (exact) mass is 466 g/mol. The van der Waals surface area contributed by atoms with Crippen LogP contribution < -0.4 is 10.1 Å². The highest BCUT2D eigenvalue weighted by Gasteiger charge is 2.32. The molecule has 7 nitrogen and oxygen atoms in total. The standard InChI is InChI=1S/C28H26N4O3/c1-19(33)32-16-6-11-27(32)28(34)29-21-9-5-10-22(17-21)35-23-13-14-24-25(30-31-26(24)18-23)15-12-20-7-3-2-4-8-20/h2-5,7-10,12-15,17-18,27H,6,11,16H2,1H3,(H,29,34)(H,30,31)/b15-12+/t27-/m1/s1. The third-order valence-corrected chi connectivity index (χ3v) is 6.09. The van der Waals surface area contributed by atoms with E-state index < -0.39 is 6.04 Å². The molecule has 0 radical (unpaired) electrons. The first-order chi connectivity index (χ1) is 17.1. The third-order valence-electron chi connectivity index (χ3n) is 6.09. The van der Waals surface area contributed by atoms with E-state index in [2.05, 4.69) is 15.5 Å². The first-order valence-corrected chi connectivity index (χ1v) is 11.6. The second kappa shape index (κ2) is 9.85.